The summed E-state index contributed by atoms with van der Waals surface area (Å²) in [6, 6.07) is 14.0. The summed E-state index contributed by atoms with van der Waals surface area (Å²) in [4.78, 5) is 39.5. The monoisotopic (exact) mass is 427 g/mol. The lowest BCUT2D eigenvalue weighted by molar-refractivity contribution is -0.131. The second kappa shape index (κ2) is 9.68. The van der Waals surface area contributed by atoms with Crippen LogP contribution in [0, 0.1) is 0 Å². The van der Waals surface area contributed by atoms with Crippen LogP contribution in [0.2, 0.25) is 0 Å². The molecule has 0 radical (unpaired) electrons. The van der Waals surface area contributed by atoms with E-state index in [1.54, 1.807) is 30.6 Å². The van der Waals surface area contributed by atoms with Crippen LogP contribution in [0.3, 0.4) is 0 Å². The molecule has 8 nitrogen and oxygen atoms in total. The Morgan fingerprint density at radius 1 is 0.935 bits per heavy atom. The fourth-order valence-corrected chi connectivity index (χ4v) is 3.28. The number of hydrogen-bond donors (Lipinski definition) is 1. The van der Waals surface area contributed by atoms with Gasteiger partial charge >= 0.3 is 12.2 Å². The van der Waals surface area contributed by atoms with E-state index in [1.165, 1.54) is 0 Å². The van der Waals surface area contributed by atoms with E-state index in [0.29, 0.717) is 26.2 Å². The largest absolute Gasteiger partial charge is 0.445 e. The second-order valence-electron chi connectivity index (χ2n) is 8.46. The Balaban J connectivity index is 1.40. The minimum Gasteiger partial charge on any atom is -0.445 e. The van der Waals surface area contributed by atoms with Gasteiger partial charge in [0.25, 0.3) is 0 Å². The Morgan fingerprint density at radius 2 is 1.58 bits per heavy atom. The van der Waals surface area contributed by atoms with E-state index in [-0.39, 0.29) is 19.1 Å². The van der Waals surface area contributed by atoms with Crippen molar-refractivity contribution in [2.45, 2.75) is 33.0 Å². The van der Waals surface area contributed by atoms with Gasteiger partial charge in [0.1, 0.15) is 18.8 Å². The predicted octanol–water partition coefficient (Wildman–Crippen LogP) is 3.15. The maximum Gasteiger partial charge on any atom is 0.410 e. The fraction of sp³-hybridized carbons (Fsp3) is 0.435. The van der Waals surface area contributed by atoms with Crippen LogP contribution in [0.15, 0.2) is 42.5 Å². The van der Waals surface area contributed by atoms with Gasteiger partial charge in [0.15, 0.2) is 0 Å². The van der Waals surface area contributed by atoms with E-state index in [9.17, 15) is 14.4 Å². The molecule has 0 aromatic heterocycles. The van der Waals surface area contributed by atoms with Gasteiger partial charge < -0.3 is 24.6 Å². The normalized spacial score (nSPS) is 14.3. The summed E-state index contributed by atoms with van der Waals surface area (Å²) in [5, 5.41) is 4.70. The summed E-state index contributed by atoms with van der Waals surface area (Å²) in [6.07, 6.45) is -1.02. The van der Waals surface area contributed by atoms with Crippen molar-refractivity contribution in [3.8, 4) is 0 Å². The van der Waals surface area contributed by atoms with Crippen LogP contribution in [-0.2, 0) is 20.9 Å². The number of fused-ring (bicyclic) bond motifs is 1. The smallest absolute Gasteiger partial charge is 0.410 e. The van der Waals surface area contributed by atoms with E-state index >= 15 is 0 Å². The third kappa shape index (κ3) is 6.60. The van der Waals surface area contributed by atoms with Gasteiger partial charge in [-0.1, -0.05) is 36.4 Å². The predicted molar refractivity (Wildman–Crippen MR) is 117 cm³/mol. The molecule has 3 rings (SSSR count). The van der Waals surface area contributed by atoms with Crippen LogP contribution < -0.4 is 5.32 Å². The summed E-state index contributed by atoms with van der Waals surface area (Å²) in [5.41, 5.74) is 0.306. The highest BCUT2D eigenvalue weighted by Gasteiger charge is 2.25. The number of carbonyl (C=O) groups excluding carboxylic acids is 3. The first-order chi connectivity index (χ1) is 14.7. The lowest BCUT2D eigenvalue weighted by atomic mass is 10.1. The molecule has 0 atom stereocenters. The Bertz CT molecular complexity index is 946. The number of rotatable bonds is 4. The highest BCUT2D eigenvalue weighted by atomic mass is 16.6. The van der Waals surface area contributed by atoms with Crippen molar-refractivity contribution in [3.63, 3.8) is 0 Å². The van der Waals surface area contributed by atoms with Gasteiger partial charge in [-0.2, -0.15) is 0 Å². The molecule has 0 saturated carbocycles. The Morgan fingerprint density at radius 3 is 2.26 bits per heavy atom. The van der Waals surface area contributed by atoms with Crippen LogP contribution in [0.4, 0.5) is 9.59 Å². The average molecular weight is 428 g/mol. The van der Waals surface area contributed by atoms with Gasteiger partial charge in [-0.15, -0.1) is 0 Å². The van der Waals surface area contributed by atoms with Crippen molar-refractivity contribution in [1.29, 1.82) is 0 Å². The molecule has 0 bridgehead atoms. The number of hydrogen-bond acceptors (Lipinski definition) is 5. The summed E-state index contributed by atoms with van der Waals surface area (Å²) in [5.74, 6) is -0.213. The van der Waals surface area contributed by atoms with E-state index < -0.39 is 17.8 Å². The number of nitrogens with one attached hydrogen (secondary N) is 1. The van der Waals surface area contributed by atoms with Crippen LogP contribution >= 0.6 is 0 Å². The van der Waals surface area contributed by atoms with Crippen molar-refractivity contribution in [1.82, 2.24) is 15.1 Å². The van der Waals surface area contributed by atoms with Crippen molar-refractivity contribution < 1.29 is 23.9 Å². The standard InChI is InChI=1S/C23H29N3O5/c1-23(2,3)31-21(28)24-15-20(27)25-10-12-26(13-11-25)22(29)30-16-17-8-9-18-6-4-5-7-19(18)14-17/h4-9,14H,10-13,15-16H2,1-3H3,(H,24,28). The SMILES string of the molecule is CC(C)(C)OC(=O)NCC(=O)N1CCN(C(=O)OCc2ccc3ccccc3c2)CC1. The van der Waals surface area contributed by atoms with E-state index in [0.717, 1.165) is 16.3 Å². The van der Waals surface area contributed by atoms with Crippen molar-refractivity contribution in [2.24, 2.45) is 0 Å². The molecule has 8 heteroatoms. The van der Waals surface area contributed by atoms with Crippen molar-refractivity contribution in [3.05, 3.63) is 48.0 Å². The minimum absolute atomic E-state index is 0.138. The van der Waals surface area contributed by atoms with E-state index in [4.69, 9.17) is 9.47 Å². The number of nitrogens with zero attached hydrogens (tertiary/aromatic N) is 2. The molecule has 1 heterocycles. The molecule has 166 valence electrons. The first kappa shape index (κ1) is 22.4. The number of ether oxygens (including phenoxy) is 2. The van der Waals surface area contributed by atoms with Crippen molar-refractivity contribution >= 4 is 28.9 Å². The van der Waals surface area contributed by atoms with Crippen LogP contribution in [0.5, 0.6) is 0 Å². The molecular weight excluding hydrogens is 398 g/mol. The summed E-state index contributed by atoms with van der Waals surface area (Å²) >= 11 is 0. The van der Waals surface area contributed by atoms with E-state index in [2.05, 4.69) is 5.32 Å². The second-order valence-corrected chi connectivity index (χ2v) is 8.46. The molecule has 31 heavy (non-hydrogen) atoms. The maximum absolute atomic E-state index is 12.4. The molecular formula is C23H29N3O5. The number of benzene rings is 2. The van der Waals surface area contributed by atoms with Gasteiger partial charge in [-0.25, -0.2) is 9.59 Å². The summed E-state index contributed by atoms with van der Waals surface area (Å²) in [7, 11) is 0. The third-order valence-electron chi connectivity index (χ3n) is 4.85. The van der Waals surface area contributed by atoms with Gasteiger partial charge in [0.2, 0.25) is 5.91 Å². The number of piperazine rings is 1. The Kier molecular flexibility index (Phi) is 6.99. The highest BCUT2D eigenvalue weighted by molar-refractivity contribution is 5.83. The first-order valence-electron chi connectivity index (χ1n) is 10.4. The molecule has 1 N–H and O–H groups in total. The first-order valence-corrected chi connectivity index (χ1v) is 10.4. The van der Waals surface area contributed by atoms with Gasteiger partial charge in [-0.3, -0.25) is 4.79 Å². The fourth-order valence-electron chi connectivity index (χ4n) is 3.28. The highest BCUT2D eigenvalue weighted by Crippen LogP contribution is 2.16. The Hall–Kier alpha value is -3.29. The summed E-state index contributed by atoms with van der Waals surface area (Å²) in [6.45, 7) is 6.87. The number of amides is 3. The molecule has 1 aliphatic heterocycles. The van der Waals surface area contributed by atoms with Gasteiger partial charge in [0.05, 0.1) is 0 Å². The topological polar surface area (TPSA) is 88.2 Å². The molecule has 1 saturated heterocycles. The minimum atomic E-state index is -0.628. The quantitative estimate of drug-likeness (QED) is 0.810. The third-order valence-corrected chi connectivity index (χ3v) is 4.85. The summed E-state index contributed by atoms with van der Waals surface area (Å²) < 4.78 is 10.6. The molecule has 1 aliphatic rings. The lowest BCUT2D eigenvalue weighted by Crippen LogP contribution is -2.52. The lowest BCUT2D eigenvalue weighted by Gasteiger charge is -2.34. The zero-order valence-electron chi connectivity index (χ0n) is 18.2. The number of carbonyl (C=O) groups is 3. The molecule has 0 unspecified atom stereocenters. The van der Waals surface area contributed by atoms with Crippen molar-refractivity contribution in [2.75, 3.05) is 32.7 Å². The Labute approximate surface area is 182 Å². The molecule has 3 amide bonds. The van der Waals surface area contributed by atoms with Crippen LogP contribution in [0.1, 0.15) is 26.3 Å². The zero-order chi connectivity index (χ0) is 22.4. The zero-order valence-corrected chi connectivity index (χ0v) is 18.2. The van der Waals surface area contributed by atoms with Crippen LogP contribution in [0.25, 0.3) is 10.8 Å². The molecule has 1 fully saturated rings. The maximum atomic E-state index is 12.4. The van der Waals surface area contributed by atoms with Gasteiger partial charge in [0, 0.05) is 26.2 Å². The molecule has 2 aromatic rings. The average Bonchev–Trinajstić information content (AvgIpc) is 2.74. The molecule has 2 aromatic carbocycles. The van der Waals surface area contributed by atoms with Gasteiger partial charge in [-0.05, 0) is 43.2 Å². The molecule has 0 spiro atoms. The van der Waals surface area contributed by atoms with E-state index in [1.807, 2.05) is 42.5 Å². The molecule has 0 aliphatic carbocycles. The van der Waals surface area contributed by atoms with Crippen LogP contribution in [-0.4, -0.2) is 66.2 Å². The number of alkyl carbamates (subject to hydrolysis) is 1.